The minimum Gasteiger partial charge on any atom is -0.376 e. The second kappa shape index (κ2) is 5.11. The lowest BCUT2D eigenvalue weighted by molar-refractivity contribution is -0.124. The third-order valence-electron chi connectivity index (χ3n) is 1.82. The molecule has 1 unspecified atom stereocenters. The Hall–Kier alpha value is -0.610. The van der Waals surface area contributed by atoms with Gasteiger partial charge in [-0.25, -0.2) is 0 Å². The lowest BCUT2D eigenvalue weighted by Crippen LogP contribution is -2.27. The van der Waals surface area contributed by atoms with Crippen molar-refractivity contribution in [3.05, 3.63) is 0 Å². The Morgan fingerprint density at radius 3 is 3.00 bits per heavy atom. The fourth-order valence-electron chi connectivity index (χ4n) is 1.23. The van der Waals surface area contributed by atoms with E-state index in [-0.39, 0.29) is 12.7 Å². The van der Waals surface area contributed by atoms with Crippen LogP contribution in [0.5, 0.6) is 0 Å². The van der Waals surface area contributed by atoms with Crippen LogP contribution in [0, 0.1) is 0 Å². The van der Waals surface area contributed by atoms with Crippen molar-refractivity contribution in [2.45, 2.75) is 25.4 Å². The zero-order chi connectivity index (χ0) is 8.81. The third kappa shape index (κ3) is 3.69. The van der Waals surface area contributed by atoms with Crippen LogP contribution in [0.25, 0.3) is 0 Å². The molecule has 2 N–H and O–H groups in total. The van der Waals surface area contributed by atoms with Crippen molar-refractivity contribution in [2.24, 2.45) is 5.73 Å². The monoisotopic (exact) mass is 173 g/mol. The highest BCUT2D eigenvalue weighted by atomic mass is 16.5. The summed E-state index contributed by atoms with van der Waals surface area (Å²) >= 11 is 0. The molecule has 1 aliphatic heterocycles. The Labute approximate surface area is 72.0 Å². The van der Waals surface area contributed by atoms with E-state index in [2.05, 4.69) is 0 Å². The van der Waals surface area contributed by atoms with E-state index >= 15 is 0 Å². The molecule has 1 amide bonds. The summed E-state index contributed by atoms with van der Waals surface area (Å²) in [6.07, 6.45) is 3.51. The molecular formula is C8H15NO3. The first kappa shape index (κ1) is 9.48. The Morgan fingerprint density at radius 2 is 2.42 bits per heavy atom. The largest absolute Gasteiger partial charge is 0.376 e. The van der Waals surface area contributed by atoms with Crippen molar-refractivity contribution >= 4 is 5.91 Å². The van der Waals surface area contributed by atoms with E-state index < -0.39 is 5.91 Å². The minimum absolute atomic E-state index is 0.000139. The molecule has 0 bridgehead atoms. The van der Waals surface area contributed by atoms with Gasteiger partial charge >= 0.3 is 0 Å². The molecule has 4 heteroatoms. The van der Waals surface area contributed by atoms with Gasteiger partial charge in [-0.05, 0) is 19.3 Å². The molecule has 12 heavy (non-hydrogen) atoms. The van der Waals surface area contributed by atoms with E-state index in [1.54, 1.807) is 0 Å². The molecule has 0 aromatic carbocycles. The fourth-order valence-corrected chi connectivity index (χ4v) is 1.23. The summed E-state index contributed by atoms with van der Waals surface area (Å²) in [5.74, 6) is -0.425. The van der Waals surface area contributed by atoms with Crippen LogP contribution in [-0.4, -0.2) is 31.8 Å². The van der Waals surface area contributed by atoms with Gasteiger partial charge < -0.3 is 15.2 Å². The van der Waals surface area contributed by atoms with E-state index in [1.165, 1.54) is 6.42 Å². The van der Waals surface area contributed by atoms with Gasteiger partial charge in [-0.1, -0.05) is 0 Å². The van der Waals surface area contributed by atoms with Gasteiger partial charge in [0, 0.05) is 6.61 Å². The minimum atomic E-state index is -0.425. The van der Waals surface area contributed by atoms with Gasteiger partial charge in [0.15, 0.2) is 0 Å². The molecule has 0 radical (unpaired) electrons. The van der Waals surface area contributed by atoms with Crippen molar-refractivity contribution < 1.29 is 14.3 Å². The van der Waals surface area contributed by atoms with E-state index in [9.17, 15) is 4.79 Å². The molecule has 70 valence electrons. The molecule has 1 aliphatic rings. The zero-order valence-corrected chi connectivity index (χ0v) is 7.12. The number of carbonyl (C=O) groups is 1. The van der Waals surface area contributed by atoms with Crippen molar-refractivity contribution in [3.63, 3.8) is 0 Å². The molecule has 1 fully saturated rings. The first-order chi connectivity index (χ1) is 5.79. The Kier molecular flexibility index (Phi) is 4.04. The van der Waals surface area contributed by atoms with Crippen molar-refractivity contribution in [1.29, 1.82) is 0 Å². The molecular weight excluding hydrogens is 158 g/mol. The van der Waals surface area contributed by atoms with Gasteiger partial charge in [0.2, 0.25) is 5.91 Å². The van der Waals surface area contributed by atoms with Gasteiger partial charge in [-0.2, -0.15) is 0 Å². The lowest BCUT2D eigenvalue weighted by atomic mass is 10.1. The molecule has 0 aromatic rings. The number of amides is 1. The van der Waals surface area contributed by atoms with Crippen LogP contribution < -0.4 is 5.73 Å². The predicted molar refractivity (Wildman–Crippen MR) is 43.6 cm³/mol. The van der Waals surface area contributed by atoms with Crippen LogP contribution in [0.15, 0.2) is 0 Å². The molecule has 0 spiro atoms. The molecule has 4 nitrogen and oxygen atoms in total. The number of ether oxygens (including phenoxy) is 2. The number of nitrogens with two attached hydrogens (primary N) is 1. The zero-order valence-electron chi connectivity index (χ0n) is 7.12. The molecule has 0 aromatic heterocycles. The maximum Gasteiger partial charge on any atom is 0.243 e. The van der Waals surface area contributed by atoms with Crippen LogP contribution in [-0.2, 0) is 14.3 Å². The van der Waals surface area contributed by atoms with Crippen LogP contribution in [0.1, 0.15) is 19.3 Å². The van der Waals surface area contributed by atoms with Gasteiger partial charge in [0.1, 0.15) is 6.61 Å². The highest BCUT2D eigenvalue weighted by Gasteiger charge is 2.13. The topological polar surface area (TPSA) is 61.6 Å². The van der Waals surface area contributed by atoms with Crippen LogP contribution in [0.3, 0.4) is 0 Å². The smallest absolute Gasteiger partial charge is 0.243 e. The Balaban J connectivity index is 2.01. The second-order valence-electron chi connectivity index (χ2n) is 2.97. The highest BCUT2D eigenvalue weighted by Crippen LogP contribution is 2.12. The average Bonchev–Trinajstić information content (AvgIpc) is 2.05. The molecule has 0 aliphatic carbocycles. The summed E-state index contributed by atoms with van der Waals surface area (Å²) < 4.78 is 10.4. The van der Waals surface area contributed by atoms with E-state index in [1.807, 2.05) is 0 Å². The second-order valence-corrected chi connectivity index (χ2v) is 2.97. The van der Waals surface area contributed by atoms with Crippen LogP contribution in [0.2, 0.25) is 0 Å². The third-order valence-corrected chi connectivity index (χ3v) is 1.82. The average molecular weight is 173 g/mol. The normalized spacial score (nSPS) is 23.8. The van der Waals surface area contributed by atoms with Crippen molar-refractivity contribution in [1.82, 2.24) is 0 Å². The van der Waals surface area contributed by atoms with Crippen molar-refractivity contribution in [3.8, 4) is 0 Å². The first-order valence-electron chi connectivity index (χ1n) is 4.26. The van der Waals surface area contributed by atoms with Crippen LogP contribution in [0.4, 0.5) is 0 Å². The number of carbonyl (C=O) groups excluding carboxylic acids is 1. The first-order valence-corrected chi connectivity index (χ1v) is 4.26. The highest BCUT2D eigenvalue weighted by molar-refractivity contribution is 5.74. The van der Waals surface area contributed by atoms with E-state index in [0.717, 1.165) is 19.4 Å². The summed E-state index contributed by atoms with van der Waals surface area (Å²) in [7, 11) is 0. The van der Waals surface area contributed by atoms with Gasteiger partial charge in [0.05, 0.1) is 12.7 Å². The van der Waals surface area contributed by atoms with Gasteiger partial charge in [-0.15, -0.1) is 0 Å². The summed E-state index contributed by atoms with van der Waals surface area (Å²) in [6.45, 7) is 1.30. The summed E-state index contributed by atoms with van der Waals surface area (Å²) in [5, 5.41) is 0. The fraction of sp³-hybridized carbons (Fsp3) is 0.875. The number of rotatable bonds is 4. The SMILES string of the molecule is NC(=O)COCC1CCCCO1. The van der Waals surface area contributed by atoms with Gasteiger partial charge in [0.25, 0.3) is 0 Å². The van der Waals surface area contributed by atoms with Crippen LogP contribution >= 0.6 is 0 Å². The predicted octanol–water partition coefficient (Wildman–Crippen LogP) is 0.0574. The lowest BCUT2D eigenvalue weighted by Gasteiger charge is -2.21. The van der Waals surface area contributed by atoms with E-state index in [0.29, 0.717) is 6.61 Å². The summed E-state index contributed by atoms with van der Waals surface area (Å²) in [6, 6.07) is 0. The van der Waals surface area contributed by atoms with Gasteiger partial charge in [-0.3, -0.25) is 4.79 Å². The number of primary amides is 1. The summed E-state index contributed by atoms with van der Waals surface area (Å²) in [5.41, 5.74) is 4.90. The van der Waals surface area contributed by atoms with E-state index in [4.69, 9.17) is 15.2 Å². The number of hydrogen-bond acceptors (Lipinski definition) is 3. The quantitative estimate of drug-likeness (QED) is 0.653. The standard InChI is InChI=1S/C8H15NO3/c9-8(10)6-11-5-7-3-1-2-4-12-7/h7H,1-6H2,(H2,9,10). The molecule has 0 saturated carbocycles. The summed E-state index contributed by atoms with van der Waals surface area (Å²) in [4.78, 5) is 10.3. The van der Waals surface area contributed by atoms with Crippen molar-refractivity contribution in [2.75, 3.05) is 19.8 Å². The maximum atomic E-state index is 10.3. The number of hydrogen-bond donors (Lipinski definition) is 1. The molecule has 1 rings (SSSR count). The maximum absolute atomic E-state index is 10.3. The molecule has 1 atom stereocenters. The molecule has 1 saturated heterocycles. The Bertz CT molecular complexity index is 143. The molecule has 1 heterocycles. The Morgan fingerprint density at radius 1 is 1.58 bits per heavy atom.